The minimum absolute atomic E-state index is 0.0199. The van der Waals surface area contributed by atoms with Gasteiger partial charge in [0, 0.05) is 67.5 Å². The fourth-order valence-corrected chi connectivity index (χ4v) is 3.51. The first-order chi connectivity index (χ1) is 12.6. The van der Waals surface area contributed by atoms with E-state index in [0.29, 0.717) is 23.9 Å². The van der Waals surface area contributed by atoms with Crippen LogP contribution in [0.5, 0.6) is 0 Å². The molecule has 0 saturated carbocycles. The van der Waals surface area contributed by atoms with Crippen molar-refractivity contribution in [1.29, 1.82) is 0 Å². The molecular weight excluding hydrogens is 354 g/mol. The summed E-state index contributed by atoms with van der Waals surface area (Å²) in [6, 6.07) is 0. The number of aromatic nitrogens is 2. The molecule has 3 rings (SSSR count). The van der Waals surface area contributed by atoms with Gasteiger partial charge in [0.15, 0.2) is 5.69 Å². The SMILES string of the molecule is CN1CC(CN=CC(=CN)NC(=O)c2n[nH]c3c2CC(F)(F)C(C)(C)C3)C1. The highest BCUT2D eigenvalue weighted by Gasteiger charge is 2.51. The molecule has 1 aromatic heterocycles. The first-order valence-corrected chi connectivity index (χ1v) is 8.98. The molecule has 0 atom stereocenters. The van der Waals surface area contributed by atoms with Crippen LogP contribution < -0.4 is 11.1 Å². The van der Waals surface area contributed by atoms with E-state index in [-0.39, 0.29) is 17.7 Å². The zero-order valence-corrected chi connectivity index (χ0v) is 15.9. The van der Waals surface area contributed by atoms with E-state index in [1.165, 1.54) is 26.3 Å². The monoisotopic (exact) mass is 380 g/mol. The molecule has 4 N–H and O–H groups in total. The Kier molecular flexibility index (Phi) is 5.07. The van der Waals surface area contributed by atoms with Crippen molar-refractivity contribution in [3.8, 4) is 0 Å². The van der Waals surface area contributed by atoms with E-state index in [1.54, 1.807) is 0 Å². The molecule has 2 aliphatic rings. The van der Waals surface area contributed by atoms with Crippen LogP contribution in [0.1, 0.15) is 35.6 Å². The summed E-state index contributed by atoms with van der Waals surface area (Å²) in [6.07, 6.45) is 2.34. The first-order valence-electron chi connectivity index (χ1n) is 8.98. The smallest absolute Gasteiger partial charge is 0.276 e. The van der Waals surface area contributed by atoms with Crippen molar-refractivity contribution in [2.75, 3.05) is 26.7 Å². The molecule has 1 amide bonds. The molecule has 0 spiro atoms. The van der Waals surface area contributed by atoms with Crippen molar-refractivity contribution >= 4 is 12.1 Å². The van der Waals surface area contributed by atoms with E-state index in [2.05, 4.69) is 25.4 Å². The third-order valence-corrected chi connectivity index (χ3v) is 5.35. The number of nitrogens with one attached hydrogen (secondary N) is 2. The topological polar surface area (TPSA) is 99.4 Å². The van der Waals surface area contributed by atoms with E-state index in [1.807, 2.05) is 7.05 Å². The lowest BCUT2D eigenvalue weighted by molar-refractivity contribution is -0.111. The minimum Gasteiger partial charge on any atom is -0.403 e. The Bertz CT molecular complexity index is 777. The van der Waals surface area contributed by atoms with Gasteiger partial charge in [0.05, 0.1) is 5.70 Å². The molecule has 0 unspecified atom stereocenters. The van der Waals surface area contributed by atoms with Gasteiger partial charge in [-0.2, -0.15) is 5.10 Å². The van der Waals surface area contributed by atoms with E-state index >= 15 is 0 Å². The van der Waals surface area contributed by atoms with Crippen molar-refractivity contribution < 1.29 is 13.6 Å². The molecule has 1 aliphatic heterocycles. The number of aromatic amines is 1. The highest BCUT2D eigenvalue weighted by Crippen LogP contribution is 2.46. The number of fused-ring (bicyclic) bond motifs is 1. The second-order valence-electron chi connectivity index (χ2n) is 8.13. The Morgan fingerprint density at radius 3 is 2.78 bits per heavy atom. The summed E-state index contributed by atoms with van der Waals surface area (Å²) in [5, 5.41) is 9.30. The number of carbonyl (C=O) groups is 1. The number of likely N-dealkylation sites (tertiary alicyclic amines) is 1. The van der Waals surface area contributed by atoms with Gasteiger partial charge >= 0.3 is 0 Å². The number of rotatable bonds is 5. The Balaban J connectivity index is 1.66. The lowest BCUT2D eigenvalue weighted by Crippen LogP contribution is -2.45. The molecule has 2 heterocycles. The average Bonchev–Trinajstić information content (AvgIpc) is 2.93. The van der Waals surface area contributed by atoms with Crippen molar-refractivity contribution in [3.63, 3.8) is 0 Å². The molecule has 1 fully saturated rings. The predicted molar refractivity (Wildman–Crippen MR) is 98.8 cm³/mol. The van der Waals surface area contributed by atoms with Crippen LogP contribution in [0, 0.1) is 11.3 Å². The minimum atomic E-state index is -2.91. The first kappa shape index (κ1) is 19.5. The molecule has 7 nitrogen and oxygen atoms in total. The third kappa shape index (κ3) is 3.87. The highest BCUT2D eigenvalue weighted by molar-refractivity contribution is 5.98. The molecule has 1 aliphatic carbocycles. The number of allylic oxidation sites excluding steroid dienone is 1. The Morgan fingerprint density at radius 2 is 2.15 bits per heavy atom. The van der Waals surface area contributed by atoms with Gasteiger partial charge < -0.3 is 16.0 Å². The second kappa shape index (κ2) is 7.03. The number of aliphatic imine (C=N–C) groups is 1. The van der Waals surface area contributed by atoms with Crippen molar-refractivity contribution in [1.82, 2.24) is 20.4 Å². The molecule has 27 heavy (non-hydrogen) atoms. The summed E-state index contributed by atoms with van der Waals surface area (Å²) < 4.78 is 28.8. The van der Waals surface area contributed by atoms with Gasteiger partial charge in [0.2, 0.25) is 0 Å². The molecule has 0 aromatic carbocycles. The maximum absolute atomic E-state index is 14.4. The van der Waals surface area contributed by atoms with Crippen LogP contribution >= 0.6 is 0 Å². The molecule has 1 saturated heterocycles. The predicted octanol–water partition coefficient (Wildman–Crippen LogP) is 1.33. The van der Waals surface area contributed by atoms with E-state index in [0.717, 1.165) is 13.1 Å². The number of nitrogens with two attached hydrogens (primary N) is 1. The lowest BCUT2D eigenvalue weighted by Gasteiger charge is -2.37. The highest BCUT2D eigenvalue weighted by atomic mass is 19.3. The van der Waals surface area contributed by atoms with Crippen LogP contribution in [0.25, 0.3) is 0 Å². The number of amides is 1. The number of hydrogen-bond donors (Lipinski definition) is 3. The summed E-state index contributed by atoms with van der Waals surface area (Å²) >= 11 is 0. The van der Waals surface area contributed by atoms with E-state index in [9.17, 15) is 13.6 Å². The average molecular weight is 380 g/mol. The Labute approximate surface area is 157 Å². The Hall–Kier alpha value is -2.29. The van der Waals surface area contributed by atoms with Crippen molar-refractivity contribution in [2.45, 2.75) is 32.6 Å². The van der Waals surface area contributed by atoms with Gasteiger partial charge in [-0.3, -0.25) is 14.9 Å². The molecule has 9 heteroatoms. The molecular formula is C18H26F2N6O. The maximum atomic E-state index is 14.4. The van der Waals surface area contributed by atoms with Crippen LogP contribution in [-0.2, 0) is 12.8 Å². The largest absolute Gasteiger partial charge is 0.403 e. The van der Waals surface area contributed by atoms with Gasteiger partial charge in [0.25, 0.3) is 11.8 Å². The fourth-order valence-electron chi connectivity index (χ4n) is 3.51. The van der Waals surface area contributed by atoms with Gasteiger partial charge in [-0.1, -0.05) is 13.8 Å². The number of hydrogen-bond acceptors (Lipinski definition) is 5. The summed E-state index contributed by atoms with van der Waals surface area (Å²) in [6.45, 7) is 5.67. The number of alkyl halides is 2. The molecule has 1 aromatic rings. The second-order valence-corrected chi connectivity index (χ2v) is 8.13. The van der Waals surface area contributed by atoms with Crippen LogP contribution in [0.2, 0.25) is 0 Å². The van der Waals surface area contributed by atoms with Gasteiger partial charge in [-0.15, -0.1) is 0 Å². The number of nitrogens with zero attached hydrogens (tertiary/aromatic N) is 3. The maximum Gasteiger partial charge on any atom is 0.276 e. The third-order valence-electron chi connectivity index (χ3n) is 5.35. The lowest BCUT2D eigenvalue weighted by atomic mass is 9.73. The number of halogens is 2. The van der Waals surface area contributed by atoms with Crippen LogP contribution in [0.15, 0.2) is 16.9 Å². The van der Waals surface area contributed by atoms with Crippen LogP contribution in [0.3, 0.4) is 0 Å². The molecule has 148 valence electrons. The normalized spacial score (nSPS) is 22.5. The summed E-state index contributed by atoms with van der Waals surface area (Å²) in [5.74, 6) is -2.98. The summed E-state index contributed by atoms with van der Waals surface area (Å²) in [5.41, 5.74) is 5.50. The van der Waals surface area contributed by atoms with Crippen molar-refractivity contribution in [3.05, 3.63) is 28.8 Å². The summed E-state index contributed by atoms with van der Waals surface area (Å²) in [4.78, 5) is 19.0. The van der Waals surface area contributed by atoms with E-state index < -0.39 is 23.7 Å². The zero-order chi connectivity index (χ0) is 19.8. The number of H-pyrrole nitrogens is 1. The van der Waals surface area contributed by atoms with Crippen molar-refractivity contribution in [2.24, 2.45) is 22.1 Å². The van der Waals surface area contributed by atoms with Crippen LogP contribution in [0.4, 0.5) is 8.78 Å². The van der Waals surface area contributed by atoms with Gasteiger partial charge in [-0.05, 0) is 7.05 Å². The summed E-state index contributed by atoms with van der Waals surface area (Å²) in [7, 11) is 2.04. The quantitative estimate of drug-likeness (QED) is 0.671. The van der Waals surface area contributed by atoms with E-state index in [4.69, 9.17) is 5.73 Å². The fraction of sp³-hybridized carbons (Fsp3) is 0.611. The number of carbonyl (C=O) groups excluding carboxylic acids is 1. The zero-order valence-electron chi connectivity index (χ0n) is 15.9. The standard InChI is InChI=1S/C18H26F2N6O/c1-17(2)5-14-13(4-18(17,19)20)15(25-24-14)16(27)23-12(6-21)8-22-7-11-9-26(3)10-11/h6,8,11H,4-5,7,9-10,21H2,1-3H3,(H,23,27)(H,24,25). The van der Waals surface area contributed by atoms with Crippen LogP contribution in [-0.4, -0.2) is 59.8 Å². The molecule has 0 bridgehead atoms. The Morgan fingerprint density at radius 1 is 1.44 bits per heavy atom. The molecule has 0 radical (unpaired) electrons. The van der Waals surface area contributed by atoms with Gasteiger partial charge in [-0.25, -0.2) is 8.78 Å². The van der Waals surface area contributed by atoms with Gasteiger partial charge in [0.1, 0.15) is 0 Å².